The molecule has 1 amide bonds. The summed E-state index contributed by atoms with van der Waals surface area (Å²) in [4.78, 5) is 23.8. The van der Waals surface area contributed by atoms with E-state index in [4.69, 9.17) is 11.6 Å². The molecule has 0 aliphatic rings. The minimum atomic E-state index is -0.0514. The van der Waals surface area contributed by atoms with Gasteiger partial charge in [-0.3, -0.25) is 9.69 Å². The third-order valence-electron chi connectivity index (χ3n) is 4.46. The van der Waals surface area contributed by atoms with Crippen LogP contribution in [0, 0.1) is 6.92 Å². The first kappa shape index (κ1) is 18.7. The third-order valence-corrected chi connectivity index (χ3v) is 5.81. The second-order valence-corrected chi connectivity index (χ2v) is 7.98. The number of para-hydroxylation sites is 1. The van der Waals surface area contributed by atoms with Gasteiger partial charge in [0.15, 0.2) is 5.13 Å². The van der Waals surface area contributed by atoms with Crippen molar-refractivity contribution in [3.05, 3.63) is 77.3 Å². The van der Waals surface area contributed by atoms with Crippen LogP contribution in [0.25, 0.3) is 10.2 Å². The molecule has 7 heteroatoms. The van der Waals surface area contributed by atoms with E-state index in [1.165, 1.54) is 11.3 Å². The van der Waals surface area contributed by atoms with Crippen LogP contribution in [-0.2, 0) is 6.54 Å². The van der Waals surface area contributed by atoms with Crippen molar-refractivity contribution in [2.24, 2.45) is 0 Å². The lowest BCUT2D eigenvalue weighted by molar-refractivity contribution is 0.0986. The summed E-state index contributed by atoms with van der Waals surface area (Å²) >= 11 is 7.78. The highest BCUT2D eigenvalue weighted by Crippen LogP contribution is 2.33. The number of benzene rings is 2. The van der Waals surface area contributed by atoms with E-state index in [2.05, 4.69) is 9.97 Å². The Balaban J connectivity index is 1.65. The van der Waals surface area contributed by atoms with Gasteiger partial charge < -0.3 is 4.57 Å². The molecule has 0 N–H and O–H groups in total. The summed E-state index contributed by atoms with van der Waals surface area (Å²) in [5.74, 6) is -0.0514. The largest absolute Gasteiger partial charge is 0.337 e. The van der Waals surface area contributed by atoms with Gasteiger partial charge in [0.1, 0.15) is 5.52 Å². The molecule has 4 aromatic rings. The predicted molar refractivity (Wildman–Crippen MR) is 114 cm³/mol. The van der Waals surface area contributed by atoms with E-state index in [0.29, 0.717) is 22.3 Å². The van der Waals surface area contributed by atoms with Crippen LogP contribution in [0.2, 0.25) is 5.02 Å². The Labute approximate surface area is 172 Å². The number of rotatable bonds is 6. The maximum absolute atomic E-state index is 13.3. The number of fused-ring (bicyclic) bond motifs is 1. The van der Waals surface area contributed by atoms with E-state index in [-0.39, 0.29) is 5.91 Å². The Morgan fingerprint density at radius 2 is 2.11 bits per heavy atom. The zero-order chi connectivity index (χ0) is 19.5. The predicted octanol–water partition coefficient (Wildman–Crippen LogP) is 5.19. The number of imidazole rings is 1. The van der Waals surface area contributed by atoms with Crippen LogP contribution in [0.3, 0.4) is 0 Å². The molecule has 0 bridgehead atoms. The third kappa shape index (κ3) is 3.93. The number of hydrogen-bond acceptors (Lipinski definition) is 4. The van der Waals surface area contributed by atoms with Gasteiger partial charge in [0.25, 0.3) is 5.91 Å². The van der Waals surface area contributed by atoms with Crippen molar-refractivity contribution in [3.63, 3.8) is 0 Å². The molecule has 0 saturated carbocycles. The van der Waals surface area contributed by atoms with Crippen molar-refractivity contribution in [1.82, 2.24) is 14.5 Å². The normalized spacial score (nSPS) is 11.1. The zero-order valence-corrected chi connectivity index (χ0v) is 17.0. The SMILES string of the molecule is Cc1cccc(C(=O)N(CCCn2ccnc2)c2nc3c(Cl)cccc3s2)c1. The molecule has 2 aromatic carbocycles. The van der Waals surface area contributed by atoms with Crippen molar-refractivity contribution in [2.45, 2.75) is 19.9 Å². The quantitative estimate of drug-likeness (QED) is 0.439. The number of carbonyl (C=O) groups is 1. The first-order chi connectivity index (χ1) is 13.6. The molecule has 0 fully saturated rings. The second kappa shape index (κ2) is 8.12. The number of carbonyl (C=O) groups excluding carboxylic acids is 1. The van der Waals surface area contributed by atoms with Gasteiger partial charge in [0.2, 0.25) is 0 Å². The number of thiazole rings is 1. The molecule has 0 atom stereocenters. The van der Waals surface area contributed by atoms with Gasteiger partial charge in [0.05, 0.1) is 16.0 Å². The van der Waals surface area contributed by atoms with Gasteiger partial charge in [-0.1, -0.05) is 46.7 Å². The summed E-state index contributed by atoms with van der Waals surface area (Å²) in [5, 5.41) is 1.27. The average Bonchev–Trinajstić information content (AvgIpc) is 3.35. The molecule has 0 spiro atoms. The summed E-state index contributed by atoms with van der Waals surface area (Å²) in [5.41, 5.74) is 2.45. The first-order valence-electron chi connectivity index (χ1n) is 9.01. The first-order valence-corrected chi connectivity index (χ1v) is 10.2. The number of nitrogens with zero attached hydrogens (tertiary/aromatic N) is 4. The smallest absolute Gasteiger partial charge is 0.260 e. The van der Waals surface area contributed by atoms with Gasteiger partial charge in [-0.15, -0.1) is 0 Å². The monoisotopic (exact) mass is 410 g/mol. The number of aromatic nitrogens is 3. The van der Waals surface area contributed by atoms with Crippen LogP contribution in [0.4, 0.5) is 5.13 Å². The molecule has 0 aliphatic carbocycles. The molecule has 4 rings (SSSR count). The molecule has 28 heavy (non-hydrogen) atoms. The van der Waals surface area contributed by atoms with Crippen molar-refractivity contribution >= 4 is 44.2 Å². The number of anilines is 1. The van der Waals surface area contributed by atoms with Crippen LogP contribution < -0.4 is 4.90 Å². The molecule has 0 radical (unpaired) electrons. The summed E-state index contributed by atoms with van der Waals surface area (Å²) in [7, 11) is 0. The lowest BCUT2D eigenvalue weighted by Gasteiger charge is -2.20. The van der Waals surface area contributed by atoms with Crippen molar-refractivity contribution in [2.75, 3.05) is 11.4 Å². The van der Waals surface area contributed by atoms with E-state index in [0.717, 1.165) is 28.7 Å². The molecular weight excluding hydrogens is 392 g/mol. The molecular formula is C21H19ClN4OS. The molecule has 2 heterocycles. The zero-order valence-electron chi connectivity index (χ0n) is 15.4. The molecule has 0 saturated heterocycles. The lowest BCUT2D eigenvalue weighted by atomic mass is 10.1. The fourth-order valence-electron chi connectivity index (χ4n) is 3.07. The van der Waals surface area contributed by atoms with Gasteiger partial charge in [0, 0.05) is 31.0 Å². The van der Waals surface area contributed by atoms with Crippen molar-refractivity contribution in [3.8, 4) is 0 Å². The van der Waals surface area contributed by atoms with E-state index < -0.39 is 0 Å². The van der Waals surface area contributed by atoms with Crippen LogP contribution in [0.1, 0.15) is 22.3 Å². The summed E-state index contributed by atoms with van der Waals surface area (Å²) in [6.45, 7) is 3.32. The molecule has 0 aliphatic heterocycles. The summed E-state index contributed by atoms with van der Waals surface area (Å²) in [6.07, 6.45) is 6.25. The van der Waals surface area contributed by atoms with Crippen LogP contribution in [0.5, 0.6) is 0 Å². The second-order valence-electron chi connectivity index (χ2n) is 6.56. The number of hydrogen-bond donors (Lipinski definition) is 0. The summed E-state index contributed by atoms with van der Waals surface area (Å²) < 4.78 is 2.98. The van der Waals surface area contributed by atoms with E-state index in [1.54, 1.807) is 17.4 Å². The van der Waals surface area contributed by atoms with Crippen LogP contribution >= 0.6 is 22.9 Å². The lowest BCUT2D eigenvalue weighted by Crippen LogP contribution is -2.32. The molecule has 0 unspecified atom stereocenters. The average molecular weight is 411 g/mol. The van der Waals surface area contributed by atoms with E-state index in [9.17, 15) is 4.79 Å². The standard InChI is InChI=1S/C21H19ClN4OS/c1-15-5-2-6-16(13-15)20(27)26(11-4-10-25-12-9-23-14-25)21-24-19-17(22)7-3-8-18(19)28-21/h2-3,5-9,12-14H,4,10-11H2,1H3. The Bertz CT molecular complexity index is 1110. The van der Waals surface area contributed by atoms with Gasteiger partial charge in [-0.25, -0.2) is 9.97 Å². The van der Waals surface area contributed by atoms with Crippen LogP contribution in [0.15, 0.2) is 61.2 Å². The maximum Gasteiger partial charge on any atom is 0.260 e. The topological polar surface area (TPSA) is 51.0 Å². The number of halogens is 1. The Morgan fingerprint density at radius 3 is 2.86 bits per heavy atom. The van der Waals surface area contributed by atoms with Crippen molar-refractivity contribution in [1.29, 1.82) is 0 Å². The minimum absolute atomic E-state index is 0.0514. The minimum Gasteiger partial charge on any atom is -0.337 e. The molecule has 5 nitrogen and oxygen atoms in total. The number of amides is 1. The van der Waals surface area contributed by atoms with E-state index in [1.807, 2.05) is 60.2 Å². The highest BCUT2D eigenvalue weighted by atomic mass is 35.5. The Hall–Kier alpha value is -2.70. The Morgan fingerprint density at radius 1 is 1.25 bits per heavy atom. The molecule has 2 aromatic heterocycles. The maximum atomic E-state index is 13.3. The summed E-state index contributed by atoms with van der Waals surface area (Å²) in [6, 6.07) is 13.3. The van der Waals surface area contributed by atoms with E-state index >= 15 is 0 Å². The van der Waals surface area contributed by atoms with Gasteiger partial charge >= 0.3 is 0 Å². The molecule has 142 valence electrons. The van der Waals surface area contributed by atoms with Crippen molar-refractivity contribution < 1.29 is 4.79 Å². The Kier molecular flexibility index (Phi) is 5.41. The van der Waals surface area contributed by atoms with Gasteiger partial charge in [-0.05, 0) is 37.6 Å². The van der Waals surface area contributed by atoms with Gasteiger partial charge in [-0.2, -0.15) is 0 Å². The van der Waals surface area contributed by atoms with Crippen LogP contribution in [-0.4, -0.2) is 27.0 Å². The fourth-order valence-corrected chi connectivity index (χ4v) is 4.36. The highest BCUT2D eigenvalue weighted by molar-refractivity contribution is 7.22. The highest BCUT2D eigenvalue weighted by Gasteiger charge is 2.21. The number of aryl methyl sites for hydroxylation is 2. The fraction of sp³-hybridized carbons (Fsp3) is 0.190.